The Hall–Kier alpha value is -0.210. The van der Waals surface area contributed by atoms with Crippen molar-refractivity contribution >= 4 is 53.3 Å². The van der Waals surface area contributed by atoms with Crippen molar-refractivity contribution in [1.29, 1.82) is 0 Å². The van der Waals surface area contributed by atoms with Crippen LogP contribution < -0.4 is 10.6 Å². The van der Waals surface area contributed by atoms with Crippen LogP contribution in [-0.4, -0.2) is 30.6 Å². The Morgan fingerprint density at radius 2 is 2.05 bits per heavy atom. The summed E-state index contributed by atoms with van der Waals surface area (Å²) < 4.78 is 13.2. The standard InChI is InChI=1S/C14H21ClFN3S.HI/c1-14(2,20-4)9-19-13(17-3)18-8-10-5-6-12(16)11(15)7-10;/h5-7H,8-9H2,1-4H3,(H2,17,18,19);1H. The largest absolute Gasteiger partial charge is 0.355 e. The van der Waals surface area contributed by atoms with Crippen molar-refractivity contribution in [3.8, 4) is 0 Å². The zero-order valence-corrected chi connectivity index (χ0v) is 16.6. The lowest BCUT2D eigenvalue weighted by molar-refractivity contribution is 0.627. The number of benzene rings is 1. The van der Waals surface area contributed by atoms with E-state index in [-0.39, 0.29) is 33.7 Å². The average Bonchev–Trinajstić information content (AvgIpc) is 2.42. The lowest BCUT2D eigenvalue weighted by atomic mass is 10.2. The summed E-state index contributed by atoms with van der Waals surface area (Å²) >= 11 is 7.54. The predicted octanol–water partition coefficient (Wildman–Crippen LogP) is 3.90. The molecular formula is C14H22ClFIN3S. The highest BCUT2D eigenvalue weighted by molar-refractivity contribution is 14.0. The first-order valence-electron chi connectivity index (χ1n) is 6.31. The molecule has 0 bridgehead atoms. The molecule has 0 heterocycles. The van der Waals surface area contributed by atoms with E-state index in [1.165, 1.54) is 6.07 Å². The van der Waals surface area contributed by atoms with Gasteiger partial charge < -0.3 is 10.6 Å². The van der Waals surface area contributed by atoms with Crippen LogP contribution in [0, 0.1) is 5.82 Å². The van der Waals surface area contributed by atoms with Crippen LogP contribution in [0.5, 0.6) is 0 Å². The van der Waals surface area contributed by atoms with Gasteiger partial charge in [0, 0.05) is 24.9 Å². The number of hydrogen-bond donors (Lipinski definition) is 2. The van der Waals surface area contributed by atoms with E-state index >= 15 is 0 Å². The van der Waals surface area contributed by atoms with Crippen LogP contribution in [0.4, 0.5) is 4.39 Å². The molecule has 0 aliphatic carbocycles. The van der Waals surface area contributed by atoms with E-state index in [2.05, 4.69) is 35.7 Å². The molecule has 0 atom stereocenters. The third kappa shape index (κ3) is 7.56. The third-order valence-corrected chi connectivity index (χ3v) is 4.44. The van der Waals surface area contributed by atoms with E-state index in [0.29, 0.717) is 12.5 Å². The summed E-state index contributed by atoms with van der Waals surface area (Å²) in [6, 6.07) is 4.68. The van der Waals surface area contributed by atoms with Crippen molar-refractivity contribution in [2.45, 2.75) is 25.1 Å². The van der Waals surface area contributed by atoms with E-state index in [1.54, 1.807) is 30.9 Å². The molecule has 0 aliphatic heterocycles. The molecule has 0 unspecified atom stereocenters. The second-order valence-corrected chi connectivity index (χ2v) is 6.91. The lowest BCUT2D eigenvalue weighted by Gasteiger charge is -2.23. The molecular weight excluding hydrogens is 424 g/mol. The monoisotopic (exact) mass is 445 g/mol. The van der Waals surface area contributed by atoms with Crippen molar-refractivity contribution < 1.29 is 4.39 Å². The quantitative estimate of drug-likeness (QED) is 0.410. The lowest BCUT2D eigenvalue weighted by Crippen LogP contribution is -2.42. The van der Waals surface area contributed by atoms with Crippen LogP contribution in [0.1, 0.15) is 19.4 Å². The van der Waals surface area contributed by atoms with Gasteiger partial charge in [-0.25, -0.2) is 4.39 Å². The maximum absolute atomic E-state index is 13.1. The van der Waals surface area contributed by atoms with Gasteiger partial charge in [-0.1, -0.05) is 17.7 Å². The Morgan fingerprint density at radius 3 is 2.57 bits per heavy atom. The molecule has 0 aliphatic rings. The fourth-order valence-corrected chi connectivity index (χ4v) is 1.84. The van der Waals surface area contributed by atoms with Crippen molar-refractivity contribution in [3.05, 3.63) is 34.6 Å². The summed E-state index contributed by atoms with van der Waals surface area (Å²) in [5.41, 5.74) is 0.906. The molecule has 0 radical (unpaired) electrons. The SMILES string of the molecule is CN=C(NCc1ccc(F)c(Cl)c1)NCC(C)(C)SC.I. The Kier molecular flexibility index (Phi) is 9.64. The number of hydrogen-bond acceptors (Lipinski definition) is 2. The van der Waals surface area contributed by atoms with Crippen LogP contribution in [0.15, 0.2) is 23.2 Å². The molecule has 120 valence electrons. The molecule has 1 rings (SSSR count). The molecule has 2 N–H and O–H groups in total. The van der Waals surface area contributed by atoms with Crippen molar-refractivity contribution in [3.63, 3.8) is 0 Å². The summed E-state index contributed by atoms with van der Waals surface area (Å²) in [7, 11) is 1.72. The summed E-state index contributed by atoms with van der Waals surface area (Å²) in [5, 5.41) is 6.58. The first kappa shape index (κ1) is 20.8. The van der Waals surface area contributed by atoms with Gasteiger partial charge in [0.1, 0.15) is 5.82 Å². The van der Waals surface area contributed by atoms with Gasteiger partial charge >= 0.3 is 0 Å². The van der Waals surface area contributed by atoms with E-state index in [1.807, 2.05) is 0 Å². The fourth-order valence-electron chi connectivity index (χ4n) is 1.42. The first-order valence-corrected chi connectivity index (χ1v) is 7.92. The zero-order valence-electron chi connectivity index (χ0n) is 12.7. The Morgan fingerprint density at radius 1 is 1.38 bits per heavy atom. The third-order valence-electron chi connectivity index (χ3n) is 2.90. The summed E-state index contributed by atoms with van der Waals surface area (Å²) in [6.45, 7) is 5.67. The molecule has 0 saturated carbocycles. The van der Waals surface area contributed by atoms with Gasteiger partial charge in [-0.2, -0.15) is 11.8 Å². The number of nitrogens with zero attached hydrogens (tertiary/aromatic N) is 1. The molecule has 0 spiro atoms. The van der Waals surface area contributed by atoms with Crippen LogP contribution in [0.25, 0.3) is 0 Å². The van der Waals surface area contributed by atoms with Crippen LogP contribution in [0.2, 0.25) is 5.02 Å². The summed E-state index contributed by atoms with van der Waals surface area (Å²) in [5.74, 6) is 0.312. The molecule has 7 heteroatoms. The van der Waals surface area contributed by atoms with Gasteiger partial charge in [-0.15, -0.1) is 24.0 Å². The molecule has 0 fully saturated rings. The van der Waals surface area contributed by atoms with Crippen molar-refractivity contribution in [1.82, 2.24) is 10.6 Å². The second-order valence-electron chi connectivity index (χ2n) is 4.99. The molecule has 0 saturated heterocycles. The number of aliphatic imine (C=N–C) groups is 1. The van der Waals surface area contributed by atoms with Gasteiger partial charge in [0.05, 0.1) is 5.02 Å². The molecule has 1 aromatic rings. The Balaban J connectivity index is 0.00000400. The van der Waals surface area contributed by atoms with Gasteiger partial charge in [0.15, 0.2) is 5.96 Å². The van der Waals surface area contributed by atoms with Gasteiger partial charge in [0.2, 0.25) is 0 Å². The fraction of sp³-hybridized carbons (Fsp3) is 0.500. The van der Waals surface area contributed by atoms with E-state index < -0.39 is 5.82 Å². The first-order chi connectivity index (χ1) is 9.38. The van der Waals surface area contributed by atoms with Crippen LogP contribution in [0.3, 0.4) is 0 Å². The number of halogens is 3. The smallest absolute Gasteiger partial charge is 0.191 e. The Bertz CT molecular complexity index is 483. The Labute approximate surface area is 152 Å². The number of rotatable bonds is 5. The van der Waals surface area contributed by atoms with Crippen LogP contribution in [-0.2, 0) is 6.54 Å². The number of guanidine groups is 1. The van der Waals surface area contributed by atoms with Gasteiger partial charge in [-0.3, -0.25) is 4.99 Å². The molecule has 21 heavy (non-hydrogen) atoms. The summed E-state index contributed by atoms with van der Waals surface area (Å²) in [6.07, 6.45) is 2.08. The average molecular weight is 446 g/mol. The highest BCUT2D eigenvalue weighted by Crippen LogP contribution is 2.19. The predicted molar refractivity (Wildman–Crippen MR) is 103 cm³/mol. The molecule has 1 aromatic carbocycles. The molecule has 3 nitrogen and oxygen atoms in total. The second kappa shape index (κ2) is 9.74. The number of thioether (sulfide) groups is 1. The zero-order chi connectivity index (χ0) is 15.2. The normalized spacial score (nSPS) is 11.8. The minimum absolute atomic E-state index is 0. The minimum Gasteiger partial charge on any atom is -0.355 e. The summed E-state index contributed by atoms with van der Waals surface area (Å²) in [4.78, 5) is 4.16. The van der Waals surface area contributed by atoms with Crippen molar-refractivity contribution in [2.75, 3.05) is 19.8 Å². The van der Waals surface area contributed by atoms with E-state index in [0.717, 1.165) is 12.1 Å². The highest BCUT2D eigenvalue weighted by Gasteiger charge is 2.16. The van der Waals surface area contributed by atoms with Gasteiger partial charge in [-0.05, 0) is 37.8 Å². The van der Waals surface area contributed by atoms with Crippen LogP contribution >= 0.6 is 47.3 Å². The molecule has 0 aromatic heterocycles. The topological polar surface area (TPSA) is 36.4 Å². The maximum Gasteiger partial charge on any atom is 0.191 e. The van der Waals surface area contributed by atoms with E-state index in [4.69, 9.17) is 11.6 Å². The van der Waals surface area contributed by atoms with Crippen molar-refractivity contribution in [2.24, 2.45) is 4.99 Å². The minimum atomic E-state index is -0.403. The number of nitrogens with one attached hydrogen (secondary N) is 2. The highest BCUT2D eigenvalue weighted by atomic mass is 127. The molecule has 0 amide bonds. The van der Waals surface area contributed by atoms with Gasteiger partial charge in [0.25, 0.3) is 0 Å². The van der Waals surface area contributed by atoms with E-state index in [9.17, 15) is 4.39 Å². The maximum atomic E-state index is 13.1.